The highest BCUT2D eigenvalue weighted by Gasteiger charge is 2.16. The molecule has 1 unspecified atom stereocenters. The number of nitrogens with zero attached hydrogens (tertiary/aromatic N) is 1. The van der Waals surface area contributed by atoms with E-state index in [1.54, 1.807) is 0 Å². The smallest absolute Gasteiger partial charge is 0.111 e. The van der Waals surface area contributed by atoms with Gasteiger partial charge in [0.05, 0.1) is 6.07 Å². The van der Waals surface area contributed by atoms with E-state index in [1.165, 1.54) is 0 Å². The third-order valence-electron chi connectivity index (χ3n) is 1.49. The Morgan fingerprint density at radius 1 is 1.78 bits per heavy atom. The fourth-order valence-corrected chi connectivity index (χ4v) is 0.926. The van der Waals surface area contributed by atoms with Gasteiger partial charge in [-0.15, -0.1) is 0 Å². The molecule has 1 aliphatic heterocycles. The van der Waals surface area contributed by atoms with Gasteiger partial charge in [0.1, 0.15) is 11.8 Å². The van der Waals surface area contributed by atoms with E-state index in [1.807, 2.05) is 0 Å². The molecule has 1 fully saturated rings. The highest BCUT2D eigenvalue weighted by Crippen LogP contribution is 2.08. The standard InChI is InChI=1S/C6H9N3/c7-4-5-2-1-3-9-6(5)8/h5H,1-3H2,(H2,8,9). The van der Waals surface area contributed by atoms with Crippen molar-refractivity contribution in [1.82, 2.24) is 5.32 Å². The Kier molecular flexibility index (Phi) is 1.69. The SMILES string of the molecule is N#CC1CCCNC1=N. The maximum absolute atomic E-state index is 8.43. The lowest BCUT2D eigenvalue weighted by Crippen LogP contribution is -2.34. The Bertz CT molecular complexity index is 156. The minimum absolute atomic E-state index is 0.168. The molecular weight excluding hydrogens is 114 g/mol. The number of hydrogen-bond donors (Lipinski definition) is 2. The first-order valence-corrected chi connectivity index (χ1v) is 3.06. The van der Waals surface area contributed by atoms with Crippen LogP contribution in [0.5, 0.6) is 0 Å². The van der Waals surface area contributed by atoms with Crippen LogP contribution in [0.1, 0.15) is 12.8 Å². The Balaban J connectivity index is 2.51. The van der Waals surface area contributed by atoms with E-state index in [9.17, 15) is 0 Å². The lowest BCUT2D eigenvalue weighted by molar-refractivity contribution is 0.598. The van der Waals surface area contributed by atoms with Gasteiger partial charge in [0.25, 0.3) is 0 Å². The average Bonchev–Trinajstić information content (AvgIpc) is 1.89. The zero-order valence-corrected chi connectivity index (χ0v) is 5.15. The highest BCUT2D eigenvalue weighted by atomic mass is 14.9. The molecule has 0 bridgehead atoms. The van der Waals surface area contributed by atoms with E-state index in [4.69, 9.17) is 10.7 Å². The van der Waals surface area contributed by atoms with Crippen LogP contribution >= 0.6 is 0 Å². The molecule has 3 nitrogen and oxygen atoms in total. The van der Waals surface area contributed by atoms with Crippen molar-refractivity contribution in [3.05, 3.63) is 0 Å². The van der Waals surface area contributed by atoms with Gasteiger partial charge in [0, 0.05) is 6.54 Å². The maximum atomic E-state index is 8.43. The summed E-state index contributed by atoms with van der Waals surface area (Å²) in [7, 11) is 0. The van der Waals surface area contributed by atoms with Gasteiger partial charge in [0.2, 0.25) is 0 Å². The number of nitrogens with one attached hydrogen (secondary N) is 2. The quantitative estimate of drug-likeness (QED) is 0.492. The predicted octanol–water partition coefficient (Wildman–Crippen LogP) is 0.487. The van der Waals surface area contributed by atoms with Crippen LogP contribution in [0.3, 0.4) is 0 Å². The Morgan fingerprint density at radius 2 is 2.56 bits per heavy atom. The zero-order valence-electron chi connectivity index (χ0n) is 5.15. The first kappa shape index (κ1) is 6.09. The van der Waals surface area contributed by atoms with Crippen LogP contribution in [0, 0.1) is 22.7 Å². The summed E-state index contributed by atoms with van der Waals surface area (Å²) in [5.74, 6) is 0.225. The van der Waals surface area contributed by atoms with Gasteiger partial charge in [-0.3, -0.25) is 5.41 Å². The van der Waals surface area contributed by atoms with E-state index in [0.29, 0.717) is 5.84 Å². The fraction of sp³-hybridized carbons (Fsp3) is 0.667. The molecule has 0 spiro atoms. The average molecular weight is 123 g/mol. The molecule has 1 atom stereocenters. The second-order valence-corrected chi connectivity index (χ2v) is 2.16. The lowest BCUT2D eigenvalue weighted by Gasteiger charge is -2.17. The number of rotatable bonds is 0. The molecule has 3 heteroatoms. The van der Waals surface area contributed by atoms with Gasteiger partial charge in [-0.25, -0.2) is 0 Å². The van der Waals surface area contributed by atoms with Gasteiger partial charge in [-0.1, -0.05) is 0 Å². The highest BCUT2D eigenvalue weighted by molar-refractivity contribution is 5.84. The van der Waals surface area contributed by atoms with Gasteiger partial charge in [0.15, 0.2) is 0 Å². The van der Waals surface area contributed by atoms with Crippen molar-refractivity contribution in [3.8, 4) is 6.07 Å². The van der Waals surface area contributed by atoms with Crippen molar-refractivity contribution in [2.24, 2.45) is 5.92 Å². The van der Waals surface area contributed by atoms with Crippen molar-refractivity contribution >= 4 is 5.84 Å². The van der Waals surface area contributed by atoms with Crippen molar-refractivity contribution < 1.29 is 0 Å². The van der Waals surface area contributed by atoms with Crippen LogP contribution < -0.4 is 5.32 Å². The van der Waals surface area contributed by atoms with Crippen LogP contribution in [0.25, 0.3) is 0 Å². The molecule has 0 aromatic carbocycles. The van der Waals surface area contributed by atoms with E-state index in [0.717, 1.165) is 19.4 Å². The lowest BCUT2D eigenvalue weighted by atomic mass is 10.0. The van der Waals surface area contributed by atoms with Crippen LogP contribution in [0.2, 0.25) is 0 Å². The molecule has 0 amide bonds. The molecule has 0 aliphatic carbocycles. The summed E-state index contributed by atoms with van der Waals surface area (Å²) in [6.07, 6.45) is 1.86. The van der Waals surface area contributed by atoms with E-state index >= 15 is 0 Å². The molecule has 1 rings (SSSR count). The Labute approximate surface area is 54.2 Å². The monoisotopic (exact) mass is 123 g/mol. The summed E-state index contributed by atoms with van der Waals surface area (Å²) in [5, 5.41) is 18.5. The third-order valence-corrected chi connectivity index (χ3v) is 1.49. The molecule has 48 valence electrons. The normalized spacial score (nSPS) is 26.6. The fourth-order valence-electron chi connectivity index (χ4n) is 0.926. The summed E-state index contributed by atoms with van der Waals surface area (Å²) >= 11 is 0. The van der Waals surface area contributed by atoms with Gasteiger partial charge in [-0.05, 0) is 12.8 Å². The minimum atomic E-state index is -0.168. The van der Waals surface area contributed by atoms with Crippen LogP contribution in [0.4, 0.5) is 0 Å². The van der Waals surface area contributed by atoms with E-state index < -0.39 is 0 Å². The number of hydrogen-bond acceptors (Lipinski definition) is 2. The largest absolute Gasteiger partial charge is 0.373 e. The van der Waals surface area contributed by atoms with E-state index in [-0.39, 0.29) is 5.92 Å². The molecular formula is C6H9N3. The molecule has 0 saturated carbocycles. The molecule has 9 heavy (non-hydrogen) atoms. The van der Waals surface area contributed by atoms with Crippen molar-refractivity contribution in [3.63, 3.8) is 0 Å². The first-order valence-electron chi connectivity index (χ1n) is 3.06. The van der Waals surface area contributed by atoms with E-state index in [2.05, 4.69) is 11.4 Å². The van der Waals surface area contributed by atoms with Gasteiger partial charge in [-0.2, -0.15) is 5.26 Å². The van der Waals surface area contributed by atoms with Crippen molar-refractivity contribution in [1.29, 1.82) is 10.7 Å². The van der Waals surface area contributed by atoms with Crippen LogP contribution in [-0.2, 0) is 0 Å². The molecule has 1 saturated heterocycles. The molecule has 1 aliphatic rings. The van der Waals surface area contributed by atoms with Crippen molar-refractivity contribution in [2.45, 2.75) is 12.8 Å². The molecule has 1 heterocycles. The Hall–Kier alpha value is -1.04. The summed E-state index contributed by atoms with van der Waals surface area (Å²) in [5.41, 5.74) is 0. The molecule has 2 N–H and O–H groups in total. The summed E-state index contributed by atoms with van der Waals surface area (Å²) < 4.78 is 0. The predicted molar refractivity (Wildman–Crippen MR) is 34.1 cm³/mol. The zero-order chi connectivity index (χ0) is 6.69. The second-order valence-electron chi connectivity index (χ2n) is 2.16. The molecule has 0 aromatic rings. The van der Waals surface area contributed by atoms with Crippen molar-refractivity contribution in [2.75, 3.05) is 6.54 Å². The number of amidine groups is 1. The third kappa shape index (κ3) is 1.20. The Morgan fingerprint density at radius 3 is 3.00 bits per heavy atom. The van der Waals surface area contributed by atoms with Gasteiger partial charge >= 0.3 is 0 Å². The van der Waals surface area contributed by atoms with Crippen LogP contribution in [-0.4, -0.2) is 12.4 Å². The summed E-state index contributed by atoms with van der Waals surface area (Å²) in [6, 6.07) is 2.07. The molecule has 0 radical (unpaired) electrons. The van der Waals surface area contributed by atoms with Crippen LogP contribution in [0.15, 0.2) is 0 Å². The number of piperidine rings is 1. The summed E-state index contributed by atoms with van der Waals surface area (Å²) in [4.78, 5) is 0. The second kappa shape index (κ2) is 2.49. The minimum Gasteiger partial charge on any atom is -0.373 e. The maximum Gasteiger partial charge on any atom is 0.111 e. The summed E-state index contributed by atoms with van der Waals surface area (Å²) in [6.45, 7) is 0.858. The number of nitriles is 1. The van der Waals surface area contributed by atoms with Gasteiger partial charge < -0.3 is 5.32 Å². The first-order chi connectivity index (χ1) is 4.34. The molecule has 0 aromatic heterocycles. The topological polar surface area (TPSA) is 59.7 Å².